The molecule has 0 saturated heterocycles. The number of para-hydroxylation sites is 1. The first-order valence-electron chi connectivity index (χ1n) is 4.98. The number of thioether (sulfide) groups is 1. The predicted octanol–water partition coefficient (Wildman–Crippen LogP) is 3.03. The molecule has 0 heterocycles. The molecule has 0 atom stereocenters. The van der Waals surface area contributed by atoms with Gasteiger partial charge < -0.3 is 4.90 Å². The number of carbonyl (C=O) groups excluding carboxylic acids is 1. The van der Waals surface area contributed by atoms with Gasteiger partial charge in [0.1, 0.15) is 0 Å². The van der Waals surface area contributed by atoms with Crippen molar-refractivity contribution in [3.8, 4) is 0 Å². The summed E-state index contributed by atoms with van der Waals surface area (Å²) in [4.78, 5) is 14.7. The Balaban J connectivity index is 3.00. The molecular weight excluding hydrogens is 206 g/mol. The molecular formula is C12H17NOS. The second-order valence-electron chi connectivity index (χ2n) is 3.72. The van der Waals surface area contributed by atoms with Crippen LogP contribution in [0.2, 0.25) is 0 Å². The van der Waals surface area contributed by atoms with E-state index in [1.807, 2.05) is 51.4 Å². The van der Waals surface area contributed by atoms with Gasteiger partial charge in [-0.25, -0.2) is 0 Å². The van der Waals surface area contributed by atoms with E-state index in [9.17, 15) is 4.79 Å². The molecule has 0 aliphatic carbocycles. The summed E-state index contributed by atoms with van der Waals surface area (Å²) in [6.07, 6.45) is 2.02. The smallest absolute Gasteiger partial charge is 0.229 e. The molecule has 1 amide bonds. The van der Waals surface area contributed by atoms with E-state index < -0.39 is 0 Å². The fourth-order valence-corrected chi connectivity index (χ4v) is 2.04. The van der Waals surface area contributed by atoms with Crippen molar-refractivity contribution in [2.75, 3.05) is 18.2 Å². The van der Waals surface area contributed by atoms with Gasteiger partial charge in [-0.1, -0.05) is 26.0 Å². The van der Waals surface area contributed by atoms with E-state index in [4.69, 9.17) is 0 Å². The standard InChI is InChI=1S/C12H17NOS/c1-9(2)12(14)13(3)10-7-5-6-8-11(10)15-4/h5-9H,1-4H3. The van der Waals surface area contributed by atoms with Crippen molar-refractivity contribution in [1.82, 2.24) is 0 Å². The first kappa shape index (κ1) is 12.1. The zero-order valence-electron chi connectivity index (χ0n) is 9.65. The number of amides is 1. The van der Waals surface area contributed by atoms with Crippen molar-refractivity contribution >= 4 is 23.4 Å². The van der Waals surface area contributed by atoms with Crippen LogP contribution in [-0.4, -0.2) is 19.2 Å². The fraction of sp³-hybridized carbons (Fsp3) is 0.417. The van der Waals surface area contributed by atoms with Crippen LogP contribution in [0.5, 0.6) is 0 Å². The fourth-order valence-electron chi connectivity index (χ4n) is 1.41. The average molecular weight is 223 g/mol. The highest BCUT2D eigenvalue weighted by Gasteiger charge is 2.16. The van der Waals surface area contributed by atoms with Crippen molar-refractivity contribution in [3.05, 3.63) is 24.3 Å². The number of hydrogen-bond acceptors (Lipinski definition) is 2. The van der Waals surface area contributed by atoms with Gasteiger partial charge in [-0.05, 0) is 18.4 Å². The quantitative estimate of drug-likeness (QED) is 0.734. The molecule has 1 aromatic rings. The Morgan fingerprint density at radius 3 is 2.47 bits per heavy atom. The number of carbonyl (C=O) groups is 1. The van der Waals surface area contributed by atoms with Gasteiger partial charge >= 0.3 is 0 Å². The zero-order valence-corrected chi connectivity index (χ0v) is 10.5. The van der Waals surface area contributed by atoms with Crippen molar-refractivity contribution in [3.63, 3.8) is 0 Å². The van der Waals surface area contributed by atoms with Gasteiger partial charge in [0.2, 0.25) is 5.91 Å². The summed E-state index contributed by atoms with van der Waals surface area (Å²) >= 11 is 1.66. The van der Waals surface area contributed by atoms with Crippen LogP contribution < -0.4 is 4.90 Å². The third-order valence-corrected chi connectivity index (χ3v) is 3.06. The first-order chi connectivity index (χ1) is 7.07. The summed E-state index contributed by atoms with van der Waals surface area (Å²) in [7, 11) is 1.83. The van der Waals surface area contributed by atoms with E-state index >= 15 is 0 Å². The maximum Gasteiger partial charge on any atom is 0.229 e. The van der Waals surface area contributed by atoms with Crippen LogP contribution in [0.4, 0.5) is 5.69 Å². The van der Waals surface area contributed by atoms with Crippen LogP contribution in [0.15, 0.2) is 29.2 Å². The number of anilines is 1. The Bertz CT molecular complexity index is 349. The molecule has 1 rings (SSSR count). The summed E-state index contributed by atoms with van der Waals surface area (Å²) < 4.78 is 0. The lowest BCUT2D eigenvalue weighted by molar-refractivity contribution is -0.121. The minimum Gasteiger partial charge on any atom is -0.314 e. The van der Waals surface area contributed by atoms with Gasteiger partial charge in [0, 0.05) is 17.9 Å². The van der Waals surface area contributed by atoms with Crippen molar-refractivity contribution in [1.29, 1.82) is 0 Å². The molecule has 82 valence electrons. The maximum atomic E-state index is 11.8. The molecule has 3 heteroatoms. The summed E-state index contributed by atoms with van der Waals surface area (Å²) in [6.45, 7) is 3.83. The highest BCUT2D eigenvalue weighted by atomic mass is 32.2. The van der Waals surface area contributed by atoms with Gasteiger partial charge in [-0.15, -0.1) is 11.8 Å². The summed E-state index contributed by atoms with van der Waals surface area (Å²) in [5.41, 5.74) is 0.990. The van der Waals surface area contributed by atoms with E-state index in [1.54, 1.807) is 16.7 Å². The Morgan fingerprint density at radius 1 is 1.33 bits per heavy atom. The van der Waals surface area contributed by atoms with Gasteiger partial charge in [-0.2, -0.15) is 0 Å². The molecule has 15 heavy (non-hydrogen) atoms. The lowest BCUT2D eigenvalue weighted by atomic mass is 10.2. The van der Waals surface area contributed by atoms with Crippen LogP contribution in [0, 0.1) is 5.92 Å². The molecule has 0 saturated carbocycles. The van der Waals surface area contributed by atoms with E-state index in [0.717, 1.165) is 10.6 Å². The van der Waals surface area contributed by atoms with E-state index in [-0.39, 0.29) is 11.8 Å². The molecule has 0 radical (unpaired) electrons. The third kappa shape index (κ3) is 2.75. The maximum absolute atomic E-state index is 11.8. The normalized spacial score (nSPS) is 10.5. The molecule has 0 bridgehead atoms. The summed E-state index contributed by atoms with van der Waals surface area (Å²) in [5, 5.41) is 0. The van der Waals surface area contributed by atoms with Crippen molar-refractivity contribution in [2.24, 2.45) is 5.92 Å². The van der Waals surface area contributed by atoms with Gasteiger partial charge in [0.15, 0.2) is 0 Å². The predicted molar refractivity (Wildman–Crippen MR) is 66.5 cm³/mol. The molecule has 0 aliphatic rings. The summed E-state index contributed by atoms with van der Waals surface area (Å²) in [6, 6.07) is 7.96. The van der Waals surface area contributed by atoms with Crippen LogP contribution >= 0.6 is 11.8 Å². The van der Waals surface area contributed by atoms with Crippen molar-refractivity contribution in [2.45, 2.75) is 18.7 Å². The molecule has 0 unspecified atom stereocenters. The van der Waals surface area contributed by atoms with E-state index in [1.165, 1.54) is 0 Å². The lowest BCUT2D eigenvalue weighted by Gasteiger charge is -2.21. The Labute approximate surface area is 95.7 Å². The first-order valence-corrected chi connectivity index (χ1v) is 6.21. The average Bonchev–Trinajstić information content (AvgIpc) is 2.26. The Morgan fingerprint density at radius 2 is 1.93 bits per heavy atom. The number of hydrogen-bond donors (Lipinski definition) is 0. The van der Waals surface area contributed by atoms with E-state index in [0.29, 0.717) is 0 Å². The Hall–Kier alpha value is -0.960. The monoisotopic (exact) mass is 223 g/mol. The molecule has 1 aromatic carbocycles. The number of nitrogens with zero attached hydrogens (tertiary/aromatic N) is 1. The van der Waals surface area contributed by atoms with Gasteiger partial charge in [0.25, 0.3) is 0 Å². The van der Waals surface area contributed by atoms with Crippen LogP contribution in [0.1, 0.15) is 13.8 Å². The minimum absolute atomic E-state index is 0.0323. The number of benzene rings is 1. The second-order valence-corrected chi connectivity index (χ2v) is 4.57. The highest BCUT2D eigenvalue weighted by molar-refractivity contribution is 7.98. The Kier molecular flexibility index (Phi) is 4.21. The highest BCUT2D eigenvalue weighted by Crippen LogP contribution is 2.28. The summed E-state index contributed by atoms with van der Waals surface area (Å²) in [5.74, 6) is 0.182. The number of rotatable bonds is 3. The van der Waals surface area contributed by atoms with Crippen LogP contribution in [0.25, 0.3) is 0 Å². The minimum atomic E-state index is 0.0323. The van der Waals surface area contributed by atoms with Gasteiger partial charge in [-0.3, -0.25) is 4.79 Å². The van der Waals surface area contributed by atoms with Crippen molar-refractivity contribution < 1.29 is 4.79 Å². The second kappa shape index (κ2) is 5.21. The van der Waals surface area contributed by atoms with E-state index in [2.05, 4.69) is 0 Å². The topological polar surface area (TPSA) is 20.3 Å². The molecule has 0 N–H and O–H groups in total. The third-order valence-electron chi connectivity index (χ3n) is 2.27. The molecule has 0 spiro atoms. The molecule has 0 aliphatic heterocycles. The molecule has 2 nitrogen and oxygen atoms in total. The molecule has 0 fully saturated rings. The largest absolute Gasteiger partial charge is 0.314 e. The van der Waals surface area contributed by atoms with Crippen LogP contribution in [0.3, 0.4) is 0 Å². The zero-order chi connectivity index (χ0) is 11.4. The van der Waals surface area contributed by atoms with Crippen LogP contribution in [-0.2, 0) is 4.79 Å². The molecule has 0 aromatic heterocycles. The SMILES string of the molecule is CSc1ccccc1N(C)C(=O)C(C)C. The lowest BCUT2D eigenvalue weighted by Crippen LogP contribution is -2.30. The van der Waals surface area contributed by atoms with Gasteiger partial charge in [0.05, 0.1) is 5.69 Å².